The van der Waals surface area contributed by atoms with Gasteiger partial charge in [-0.1, -0.05) is 41.4 Å². The molecule has 26 heavy (non-hydrogen) atoms. The summed E-state index contributed by atoms with van der Waals surface area (Å²) >= 11 is 12.5. The molecule has 1 atom stereocenters. The molecule has 0 bridgehead atoms. The highest BCUT2D eigenvalue weighted by Gasteiger charge is 2.31. The summed E-state index contributed by atoms with van der Waals surface area (Å²) in [7, 11) is 0. The summed E-state index contributed by atoms with van der Waals surface area (Å²) in [6, 6.07) is 15.1. The van der Waals surface area contributed by atoms with E-state index >= 15 is 0 Å². The number of nitrogens with zero attached hydrogens (tertiary/aromatic N) is 5. The standard InChI is InChI=1S/C18H17Cl2N5O/c19-13-5-7-14(8-6-13)25-18(21-22-23-25)17(24-9-11-26-12-10-24)15-3-1-2-4-16(15)20/h1-8,17H,9-12H2. The molecular formula is C18H17Cl2N5O. The maximum Gasteiger partial charge on any atom is 0.178 e. The van der Waals surface area contributed by atoms with Crippen molar-refractivity contribution in [3.05, 3.63) is 70.0 Å². The second-order valence-electron chi connectivity index (χ2n) is 6.00. The van der Waals surface area contributed by atoms with Crippen LogP contribution in [0.3, 0.4) is 0 Å². The van der Waals surface area contributed by atoms with Crippen molar-refractivity contribution in [2.24, 2.45) is 0 Å². The van der Waals surface area contributed by atoms with Crippen LogP contribution in [-0.4, -0.2) is 51.4 Å². The van der Waals surface area contributed by atoms with Gasteiger partial charge in [-0.25, -0.2) is 0 Å². The van der Waals surface area contributed by atoms with Crippen molar-refractivity contribution in [1.29, 1.82) is 0 Å². The lowest BCUT2D eigenvalue weighted by atomic mass is 10.0. The minimum atomic E-state index is -0.168. The first-order valence-electron chi connectivity index (χ1n) is 8.34. The lowest BCUT2D eigenvalue weighted by Crippen LogP contribution is -2.40. The number of halogens is 2. The van der Waals surface area contributed by atoms with Crippen LogP contribution in [0.4, 0.5) is 0 Å². The van der Waals surface area contributed by atoms with Gasteiger partial charge in [0, 0.05) is 23.1 Å². The van der Waals surface area contributed by atoms with Crippen molar-refractivity contribution < 1.29 is 4.74 Å². The molecule has 3 aromatic rings. The van der Waals surface area contributed by atoms with Gasteiger partial charge in [-0.05, 0) is 46.3 Å². The minimum absolute atomic E-state index is 0.168. The molecule has 1 fully saturated rings. The molecule has 0 radical (unpaired) electrons. The second-order valence-corrected chi connectivity index (χ2v) is 6.84. The average Bonchev–Trinajstić information content (AvgIpc) is 3.14. The SMILES string of the molecule is Clc1ccc(-n2nnnc2C(c2ccccc2Cl)N2CCOCC2)cc1. The molecule has 8 heteroatoms. The summed E-state index contributed by atoms with van der Waals surface area (Å²) < 4.78 is 7.25. The van der Waals surface area contributed by atoms with Crippen molar-refractivity contribution in [1.82, 2.24) is 25.1 Å². The fourth-order valence-electron chi connectivity index (χ4n) is 3.16. The zero-order valence-corrected chi connectivity index (χ0v) is 15.4. The van der Waals surface area contributed by atoms with Crippen LogP contribution >= 0.6 is 23.2 Å². The largest absolute Gasteiger partial charge is 0.379 e. The van der Waals surface area contributed by atoms with Gasteiger partial charge in [0.1, 0.15) is 0 Å². The molecule has 0 N–H and O–H groups in total. The molecule has 1 unspecified atom stereocenters. The fraction of sp³-hybridized carbons (Fsp3) is 0.278. The second kappa shape index (κ2) is 7.72. The van der Waals surface area contributed by atoms with E-state index in [1.54, 1.807) is 4.68 Å². The monoisotopic (exact) mass is 389 g/mol. The number of aromatic nitrogens is 4. The first-order chi connectivity index (χ1) is 12.7. The predicted octanol–water partition coefficient (Wildman–Crippen LogP) is 3.39. The highest BCUT2D eigenvalue weighted by molar-refractivity contribution is 6.31. The first kappa shape index (κ1) is 17.4. The highest BCUT2D eigenvalue weighted by atomic mass is 35.5. The van der Waals surface area contributed by atoms with Gasteiger partial charge in [-0.3, -0.25) is 4.90 Å². The Kier molecular flexibility index (Phi) is 5.17. The van der Waals surface area contributed by atoms with E-state index in [-0.39, 0.29) is 6.04 Å². The van der Waals surface area contributed by atoms with Crippen molar-refractivity contribution in [2.45, 2.75) is 6.04 Å². The third kappa shape index (κ3) is 3.46. The Hall–Kier alpha value is -1.99. The summed E-state index contributed by atoms with van der Waals surface area (Å²) in [6.07, 6.45) is 0. The van der Waals surface area contributed by atoms with E-state index in [1.165, 1.54) is 0 Å². The number of hydrogen-bond donors (Lipinski definition) is 0. The summed E-state index contributed by atoms with van der Waals surface area (Å²) in [5, 5.41) is 13.8. The van der Waals surface area contributed by atoms with Crippen LogP contribution in [0.15, 0.2) is 48.5 Å². The maximum atomic E-state index is 6.52. The van der Waals surface area contributed by atoms with E-state index in [4.69, 9.17) is 27.9 Å². The quantitative estimate of drug-likeness (QED) is 0.684. The van der Waals surface area contributed by atoms with Crippen LogP contribution < -0.4 is 0 Å². The lowest BCUT2D eigenvalue weighted by Gasteiger charge is -2.34. The average molecular weight is 390 g/mol. The van der Waals surface area contributed by atoms with E-state index in [0.29, 0.717) is 29.1 Å². The number of tetrazole rings is 1. The van der Waals surface area contributed by atoms with E-state index in [9.17, 15) is 0 Å². The molecule has 2 aromatic carbocycles. The van der Waals surface area contributed by atoms with Gasteiger partial charge in [-0.15, -0.1) is 5.10 Å². The fourth-order valence-corrected chi connectivity index (χ4v) is 3.53. The molecule has 1 aromatic heterocycles. The molecule has 0 amide bonds. The van der Waals surface area contributed by atoms with Crippen LogP contribution in [0.2, 0.25) is 10.0 Å². The Morgan fingerprint density at radius 2 is 1.69 bits per heavy atom. The molecular weight excluding hydrogens is 373 g/mol. The van der Waals surface area contributed by atoms with E-state index in [2.05, 4.69) is 20.4 Å². The van der Waals surface area contributed by atoms with Crippen molar-refractivity contribution in [2.75, 3.05) is 26.3 Å². The smallest absolute Gasteiger partial charge is 0.178 e. The van der Waals surface area contributed by atoms with Gasteiger partial charge in [-0.2, -0.15) is 4.68 Å². The molecule has 2 heterocycles. The number of ether oxygens (including phenoxy) is 1. The molecule has 0 aliphatic carbocycles. The van der Waals surface area contributed by atoms with Gasteiger partial charge in [0.25, 0.3) is 0 Å². The number of morpholine rings is 1. The molecule has 1 aliphatic rings. The Morgan fingerprint density at radius 1 is 0.962 bits per heavy atom. The number of hydrogen-bond acceptors (Lipinski definition) is 5. The predicted molar refractivity (Wildman–Crippen MR) is 99.9 cm³/mol. The van der Waals surface area contributed by atoms with Crippen LogP contribution in [-0.2, 0) is 4.74 Å². The summed E-state index contributed by atoms with van der Waals surface area (Å²) in [5.74, 6) is 0.710. The first-order valence-corrected chi connectivity index (χ1v) is 9.10. The number of benzene rings is 2. The summed E-state index contributed by atoms with van der Waals surface area (Å²) in [6.45, 7) is 2.90. The van der Waals surface area contributed by atoms with Crippen molar-refractivity contribution in [3.63, 3.8) is 0 Å². The zero-order valence-electron chi connectivity index (χ0n) is 13.9. The van der Waals surface area contributed by atoms with Crippen molar-refractivity contribution in [3.8, 4) is 5.69 Å². The molecule has 0 spiro atoms. The molecule has 4 rings (SSSR count). The van der Waals surface area contributed by atoms with Crippen LogP contribution in [0.5, 0.6) is 0 Å². The molecule has 0 saturated carbocycles. The Labute approximate surface area is 161 Å². The molecule has 134 valence electrons. The minimum Gasteiger partial charge on any atom is -0.379 e. The van der Waals surface area contributed by atoms with Crippen LogP contribution in [0.25, 0.3) is 5.69 Å². The summed E-state index contributed by atoms with van der Waals surface area (Å²) in [5.41, 5.74) is 1.82. The van der Waals surface area contributed by atoms with Gasteiger partial charge in [0.05, 0.1) is 24.9 Å². The van der Waals surface area contributed by atoms with E-state index < -0.39 is 0 Å². The number of rotatable bonds is 4. The molecule has 6 nitrogen and oxygen atoms in total. The zero-order chi connectivity index (χ0) is 17.9. The third-order valence-corrected chi connectivity index (χ3v) is 5.02. The van der Waals surface area contributed by atoms with Gasteiger partial charge in [0.2, 0.25) is 0 Å². The molecule has 1 saturated heterocycles. The van der Waals surface area contributed by atoms with E-state index in [1.807, 2.05) is 48.5 Å². The third-order valence-electron chi connectivity index (χ3n) is 4.42. The summed E-state index contributed by atoms with van der Waals surface area (Å²) in [4.78, 5) is 2.29. The Bertz CT molecular complexity index is 877. The molecule has 1 aliphatic heterocycles. The maximum absolute atomic E-state index is 6.52. The topological polar surface area (TPSA) is 56.1 Å². The highest BCUT2D eigenvalue weighted by Crippen LogP contribution is 2.33. The van der Waals surface area contributed by atoms with Crippen LogP contribution in [0.1, 0.15) is 17.4 Å². The normalized spacial score (nSPS) is 16.5. The van der Waals surface area contributed by atoms with Crippen LogP contribution in [0, 0.1) is 0 Å². The van der Waals surface area contributed by atoms with E-state index in [0.717, 1.165) is 24.3 Å². The van der Waals surface area contributed by atoms with Gasteiger partial charge < -0.3 is 4.74 Å². The van der Waals surface area contributed by atoms with Gasteiger partial charge >= 0.3 is 0 Å². The lowest BCUT2D eigenvalue weighted by molar-refractivity contribution is 0.0220. The Balaban J connectivity index is 1.81. The Morgan fingerprint density at radius 3 is 2.42 bits per heavy atom. The van der Waals surface area contributed by atoms with Gasteiger partial charge in [0.15, 0.2) is 5.82 Å². The van der Waals surface area contributed by atoms with Crippen molar-refractivity contribution >= 4 is 23.2 Å².